The van der Waals surface area contributed by atoms with Crippen molar-refractivity contribution in [2.75, 3.05) is 4.90 Å². The largest absolute Gasteiger partial charge is 0.302 e. The highest BCUT2D eigenvalue weighted by molar-refractivity contribution is 6.13. The minimum Gasteiger partial charge on any atom is -0.302 e. The summed E-state index contributed by atoms with van der Waals surface area (Å²) in [7, 11) is 0. The third-order valence-electron chi connectivity index (χ3n) is 3.97. The molecule has 1 aliphatic rings. The molecule has 3 nitrogen and oxygen atoms in total. The Balaban J connectivity index is 1.87. The predicted molar refractivity (Wildman–Crippen MR) is 83.4 cm³/mol. The molecule has 0 spiro atoms. The lowest BCUT2D eigenvalue weighted by molar-refractivity contribution is 0.0997. The number of carbonyl (C=O) groups is 1. The number of hydrogen-bond donors (Lipinski definition) is 0. The van der Waals surface area contributed by atoms with E-state index in [4.69, 9.17) is 0 Å². The van der Waals surface area contributed by atoms with Gasteiger partial charge in [0.25, 0.3) is 5.91 Å². The van der Waals surface area contributed by atoms with Crippen LogP contribution in [-0.4, -0.2) is 10.9 Å². The van der Waals surface area contributed by atoms with Gasteiger partial charge in [-0.3, -0.25) is 9.78 Å². The Hall–Kier alpha value is -2.68. The molecule has 2 aromatic carbocycles. The fourth-order valence-electron chi connectivity index (χ4n) is 2.92. The highest BCUT2D eigenvalue weighted by Crippen LogP contribution is 2.32. The number of amides is 1. The van der Waals surface area contributed by atoms with Gasteiger partial charge in [-0.05, 0) is 30.7 Å². The Morgan fingerprint density at radius 2 is 1.95 bits per heavy atom. The van der Waals surface area contributed by atoms with Crippen molar-refractivity contribution < 1.29 is 4.79 Å². The summed E-state index contributed by atoms with van der Waals surface area (Å²) < 4.78 is 0. The third-order valence-corrected chi connectivity index (χ3v) is 3.97. The van der Waals surface area contributed by atoms with E-state index in [1.165, 1.54) is 0 Å². The van der Waals surface area contributed by atoms with E-state index in [2.05, 4.69) is 11.1 Å². The van der Waals surface area contributed by atoms with Crippen LogP contribution in [0.3, 0.4) is 0 Å². The van der Waals surface area contributed by atoms with Crippen molar-refractivity contribution in [1.82, 2.24) is 4.98 Å². The summed E-state index contributed by atoms with van der Waals surface area (Å²) in [5, 5.41) is 1.05. The van der Waals surface area contributed by atoms with E-state index in [1.807, 2.05) is 54.3 Å². The predicted octanol–water partition coefficient (Wildman–Crippen LogP) is 3.70. The second-order valence-corrected chi connectivity index (χ2v) is 5.40. The van der Waals surface area contributed by atoms with E-state index in [9.17, 15) is 4.79 Å². The number of nitrogens with zero attached hydrogens (tertiary/aromatic N) is 2. The number of aryl methyl sites for hydroxylation is 1. The minimum atomic E-state index is 0.0619. The average Bonchev–Trinajstić information content (AvgIpc) is 2.83. The van der Waals surface area contributed by atoms with Crippen LogP contribution in [0.4, 0.5) is 5.69 Å². The maximum atomic E-state index is 12.7. The number of carbonyl (C=O) groups excluding carboxylic acids is 1. The fourth-order valence-corrected chi connectivity index (χ4v) is 2.92. The van der Waals surface area contributed by atoms with Crippen LogP contribution >= 0.6 is 0 Å². The molecule has 3 aromatic rings. The van der Waals surface area contributed by atoms with Crippen molar-refractivity contribution in [2.24, 2.45) is 0 Å². The summed E-state index contributed by atoms with van der Waals surface area (Å²) in [5.74, 6) is 0.0619. The summed E-state index contributed by atoms with van der Waals surface area (Å²) in [4.78, 5) is 19.0. The average molecular weight is 274 g/mol. The number of benzene rings is 2. The van der Waals surface area contributed by atoms with Crippen molar-refractivity contribution in [3.8, 4) is 0 Å². The zero-order valence-corrected chi connectivity index (χ0v) is 11.7. The molecular formula is C18H14N2O. The molecule has 0 saturated heterocycles. The van der Waals surface area contributed by atoms with Crippen LogP contribution in [0.25, 0.3) is 10.9 Å². The Bertz CT molecular complexity index is 865. The summed E-state index contributed by atoms with van der Waals surface area (Å²) in [6.07, 6.45) is 1.77. The van der Waals surface area contributed by atoms with E-state index in [0.717, 1.165) is 33.3 Å². The van der Waals surface area contributed by atoms with Gasteiger partial charge >= 0.3 is 0 Å². The Morgan fingerprint density at radius 3 is 2.86 bits per heavy atom. The van der Waals surface area contributed by atoms with Gasteiger partial charge in [0.1, 0.15) is 0 Å². The maximum Gasteiger partial charge on any atom is 0.259 e. The number of pyridine rings is 1. The van der Waals surface area contributed by atoms with Crippen LogP contribution in [0, 0.1) is 6.92 Å². The van der Waals surface area contributed by atoms with Crippen molar-refractivity contribution in [3.05, 3.63) is 71.4 Å². The van der Waals surface area contributed by atoms with Crippen LogP contribution in [-0.2, 0) is 6.54 Å². The van der Waals surface area contributed by atoms with Crippen molar-refractivity contribution >= 4 is 22.5 Å². The number of hydrogen-bond acceptors (Lipinski definition) is 2. The molecule has 0 atom stereocenters. The minimum absolute atomic E-state index is 0.0619. The third kappa shape index (κ3) is 1.82. The van der Waals surface area contributed by atoms with Gasteiger partial charge in [0.2, 0.25) is 0 Å². The van der Waals surface area contributed by atoms with Crippen LogP contribution in [0.1, 0.15) is 21.5 Å². The molecule has 102 valence electrons. The Kier molecular flexibility index (Phi) is 2.54. The number of fused-ring (bicyclic) bond motifs is 2. The van der Waals surface area contributed by atoms with E-state index in [0.29, 0.717) is 6.54 Å². The van der Waals surface area contributed by atoms with E-state index >= 15 is 0 Å². The van der Waals surface area contributed by atoms with Crippen molar-refractivity contribution in [2.45, 2.75) is 13.5 Å². The van der Waals surface area contributed by atoms with Gasteiger partial charge in [-0.15, -0.1) is 0 Å². The monoisotopic (exact) mass is 274 g/mol. The first-order valence-corrected chi connectivity index (χ1v) is 6.99. The SMILES string of the molecule is Cc1ccc2c(c1)C(=O)N(c1cccc3cccnc13)C2. The molecule has 21 heavy (non-hydrogen) atoms. The summed E-state index contributed by atoms with van der Waals surface area (Å²) in [5.41, 5.74) is 4.76. The van der Waals surface area contributed by atoms with Crippen LogP contribution in [0.2, 0.25) is 0 Å². The van der Waals surface area contributed by atoms with E-state index < -0.39 is 0 Å². The zero-order valence-electron chi connectivity index (χ0n) is 11.7. The van der Waals surface area contributed by atoms with Crippen LogP contribution in [0.15, 0.2) is 54.7 Å². The first-order valence-electron chi connectivity index (χ1n) is 6.99. The second-order valence-electron chi connectivity index (χ2n) is 5.40. The summed E-state index contributed by atoms with van der Waals surface area (Å²) in [6.45, 7) is 2.62. The van der Waals surface area contributed by atoms with E-state index in [-0.39, 0.29) is 5.91 Å². The molecule has 1 aliphatic heterocycles. The molecule has 1 aromatic heterocycles. The number of para-hydroxylation sites is 1. The van der Waals surface area contributed by atoms with Crippen LogP contribution in [0.5, 0.6) is 0 Å². The normalized spacial score (nSPS) is 13.8. The molecule has 0 radical (unpaired) electrons. The molecule has 0 N–H and O–H groups in total. The van der Waals surface area contributed by atoms with E-state index in [1.54, 1.807) is 6.20 Å². The quantitative estimate of drug-likeness (QED) is 0.678. The molecule has 1 amide bonds. The topological polar surface area (TPSA) is 33.2 Å². The smallest absolute Gasteiger partial charge is 0.259 e. The highest BCUT2D eigenvalue weighted by atomic mass is 16.2. The van der Waals surface area contributed by atoms with Gasteiger partial charge < -0.3 is 4.90 Å². The van der Waals surface area contributed by atoms with Crippen molar-refractivity contribution in [3.63, 3.8) is 0 Å². The van der Waals surface area contributed by atoms with Crippen molar-refractivity contribution in [1.29, 1.82) is 0 Å². The van der Waals surface area contributed by atoms with Gasteiger partial charge in [0.05, 0.1) is 17.7 Å². The lowest BCUT2D eigenvalue weighted by Gasteiger charge is -2.17. The highest BCUT2D eigenvalue weighted by Gasteiger charge is 2.29. The van der Waals surface area contributed by atoms with Crippen LogP contribution < -0.4 is 4.90 Å². The molecule has 0 saturated carbocycles. The number of rotatable bonds is 1. The van der Waals surface area contributed by atoms with Gasteiger partial charge in [-0.2, -0.15) is 0 Å². The Labute approximate surface area is 122 Å². The molecule has 4 rings (SSSR count). The lowest BCUT2D eigenvalue weighted by Crippen LogP contribution is -2.23. The molecular weight excluding hydrogens is 260 g/mol. The first kappa shape index (κ1) is 12.1. The summed E-state index contributed by atoms with van der Waals surface area (Å²) >= 11 is 0. The van der Waals surface area contributed by atoms with Gasteiger partial charge in [-0.25, -0.2) is 0 Å². The molecule has 3 heteroatoms. The standard InChI is InChI=1S/C18H14N2O/c1-12-7-8-14-11-20(18(21)15(14)10-12)16-6-2-4-13-5-3-9-19-17(13)16/h2-10H,11H2,1H3. The number of aromatic nitrogens is 1. The lowest BCUT2D eigenvalue weighted by atomic mass is 10.1. The first-order chi connectivity index (χ1) is 10.2. The van der Waals surface area contributed by atoms with Gasteiger partial charge in [0, 0.05) is 17.1 Å². The Morgan fingerprint density at radius 1 is 1.10 bits per heavy atom. The molecule has 0 fully saturated rings. The molecule has 0 bridgehead atoms. The second kappa shape index (κ2) is 4.42. The molecule has 0 aliphatic carbocycles. The zero-order chi connectivity index (χ0) is 14.4. The molecule has 0 unspecified atom stereocenters. The summed E-state index contributed by atoms with van der Waals surface area (Å²) in [6, 6.07) is 15.9. The fraction of sp³-hybridized carbons (Fsp3) is 0.111. The van der Waals surface area contributed by atoms with Gasteiger partial charge in [-0.1, -0.05) is 35.9 Å². The van der Waals surface area contributed by atoms with Gasteiger partial charge in [0.15, 0.2) is 0 Å². The molecule has 2 heterocycles. The number of anilines is 1. The maximum absolute atomic E-state index is 12.7.